The first-order chi connectivity index (χ1) is 8.88. The number of aromatic nitrogens is 1. The van der Waals surface area contributed by atoms with E-state index >= 15 is 0 Å². The third-order valence-electron chi connectivity index (χ3n) is 3.45. The molecule has 1 aliphatic heterocycles. The summed E-state index contributed by atoms with van der Waals surface area (Å²) in [7, 11) is 0. The summed E-state index contributed by atoms with van der Waals surface area (Å²) in [5.74, 6) is -0.799. The number of nitrogens with zero attached hydrogens (tertiary/aromatic N) is 3. The largest absolute Gasteiger partial charge is 0.335 e. The van der Waals surface area contributed by atoms with Gasteiger partial charge in [-0.1, -0.05) is 6.07 Å². The molecule has 1 amide bonds. The van der Waals surface area contributed by atoms with Gasteiger partial charge in [0, 0.05) is 31.7 Å². The topological polar surface area (TPSA) is 36.4 Å². The van der Waals surface area contributed by atoms with Gasteiger partial charge in [0.2, 0.25) is 5.95 Å². The molecule has 4 nitrogen and oxygen atoms in total. The van der Waals surface area contributed by atoms with Gasteiger partial charge in [0.05, 0.1) is 0 Å². The first kappa shape index (κ1) is 13.9. The third kappa shape index (κ3) is 3.29. The van der Waals surface area contributed by atoms with Crippen LogP contribution in [0, 0.1) is 5.95 Å². The van der Waals surface area contributed by atoms with Crippen molar-refractivity contribution in [3.63, 3.8) is 0 Å². The number of hydrogen-bond donors (Lipinski definition) is 0. The highest BCUT2D eigenvalue weighted by atomic mass is 19.1. The standard InChI is InChI=1S/C14H20FN3O/c1-14(2,3)18-9-7-17(8-10-18)13(19)11-5-4-6-12(15)16-11/h4-6H,7-10H2,1-3H3. The van der Waals surface area contributed by atoms with Crippen LogP contribution >= 0.6 is 0 Å². The summed E-state index contributed by atoms with van der Waals surface area (Å²) in [6.07, 6.45) is 0. The van der Waals surface area contributed by atoms with E-state index in [4.69, 9.17) is 0 Å². The fourth-order valence-electron chi connectivity index (χ4n) is 2.27. The number of halogens is 1. The fourth-order valence-corrected chi connectivity index (χ4v) is 2.27. The minimum absolute atomic E-state index is 0.117. The Morgan fingerprint density at radius 3 is 2.37 bits per heavy atom. The SMILES string of the molecule is CC(C)(C)N1CCN(C(=O)c2cccc(F)n2)CC1. The van der Waals surface area contributed by atoms with Crippen molar-refractivity contribution in [1.29, 1.82) is 0 Å². The van der Waals surface area contributed by atoms with Crippen LogP contribution in [0.5, 0.6) is 0 Å². The number of hydrogen-bond acceptors (Lipinski definition) is 3. The molecule has 0 spiro atoms. The second-order valence-corrected chi connectivity index (χ2v) is 5.80. The van der Waals surface area contributed by atoms with Gasteiger partial charge in [0.25, 0.3) is 5.91 Å². The highest BCUT2D eigenvalue weighted by Gasteiger charge is 2.28. The number of piperazine rings is 1. The molecule has 0 aromatic carbocycles. The lowest BCUT2D eigenvalue weighted by molar-refractivity contribution is 0.0446. The molecule has 0 N–H and O–H groups in total. The highest BCUT2D eigenvalue weighted by molar-refractivity contribution is 5.92. The Morgan fingerprint density at radius 1 is 1.21 bits per heavy atom. The fraction of sp³-hybridized carbons (Fsp3) is 0.571. The van der Waals surface area contributed by atoms with E-state index in [-0.39, 0.29) is 17.1 Å². The summed E-state index contributed by atoms with van der Waals surface area (Å²) < 4.78 is 13.0. The summed E-state index contributed by atoms with van der Waals surface area (Å²) in [4.78, 5) is 19.9. The summed E-state index contributed by atoms with van der Waals surface area (Å²) >= 11 is 0. The van der Waals surface area contributed by atoms with E-state index in [1.165, 1.54) is 12.1 Å². The Balaban J connectivity index is 2.00. The van der Waals surface area contributed by atoms with Crippen molar-refractivity contribution >= 4 is 5.91 Å². The average molecular weight is 265 g/mol. The van der Waals surface area contributed by atoms with Crippen molar-refractivity contribution in [1.82, 2.24) is 14.8 Å². The van der Waals surface area contributed by atoms with Gasteiger partial charge in [-0.2, -0.15) is 4.39 Å². The predicted octanol–water partition coefficient (Wildman–Crippen LogP) is 1.78. The molecule has 0 atom stereocenters. The average Bonchev–Trinajstić information content (AvgIpc) is 2.37. The van der Waals surface area contributed by atoms with E-state index in [9.17, 15) is 9.18 Å². The van der Waals surface area contributed by atoms with Crippen molar-refractivity contribution in [3.05, 3.63) is 29.8 Å². The number of rotatable bonds is 1. The van der Waals surface area contributed by atoms with Crippen LogP contribution in [0.25, 0.3) is 0 Å². The molecule has 1 saturated heterocycles. The molecular weight excluding hydrogens is 245 g/mol. The third-order valence-corrected chi connectivity index (χ3v) is 3.45. The molecule has 104 valence electrons. The first-order valence-corrected chi connectivity index (χ1v) is 6.55. The molecular formula is C14H20FN3O. The molecule has 0 unspecified atom stereocenters. The molecule has 0 radical (unpaired) electrons. The monoisotopic (exact) mass is 265 g/mol. The van der Waals surface area contributed by atoms with Crippen molar-refractivity contribution in [2.75, 3.05) is 26.2 Å². The zero-order chi connectivity index (χ0) is 14.0. The summed E-state index contributed by atoms with van der Waals surface area (Å²) in [5.41, 5.74) is 0.302. The molecule has 2 heterocycles. The number of carbonyl (C=O) groups excluding carboxylic acids is 1. The van der Waals surface area contributed by atoms with Crippen LogP contribution in [0.1, 0.15) is 31.3 Å². The van der Waals surface area contributed by atoms with Gasteiger partial charge in [-0.05, 0) is 32.9 Å². The van der Waals surface area contributed by atoms with Crippen LogP contribution in [-0.4, -0.2) is 52.4 Å². The van der Waals surface area contributed by atoms with E-state index in [1.807, 2.05) is 0 Å². The van der Waals surface area contributed by atoms with Crippen molar-refractivity contribution in [3.8, 4) is 0 Å². The highest BCUT2D eigenvalue weighted by Crippen LogP contribution is 2.16. The zero-order valence-corrected chi connectivity index (χ0v) is 11.7. The maximum atomic E-state index is 13.0. The number of pyridine rings is 1. The molecule has 1 aromatic heterocycles. The van der Waals surface area contributed by atoms with E-state index in [2.05, 4.69) is 30.7 Å². The molecule has 19 heavy (non-hydrogen) atoms. The van der Waals surface area contributed by atoms with Gasteiger partial charge in [-0.15, -0.1) is 0 Å². The first-order valence-electron chi connectivity index (χ1n) is 6.55. The quantitative estimate of drug-likeness (QED) is 0.726. The lowest BCUT2D eigenvalue weighted by Gasteiger charge is -2.42. The summed E-state index contributed by atoms with van der Waals surface area (Å²) in [6.45, 7) is 9.49. The van der Waals surface area contributed by atoms with E-state index in [0.717, 1.165) is 13.1 Å². The van der Waals surface area contributed by atoms with E-state index in [0.29, 0.717) is 13.1 Å². The second-order valence-electron chi connectivity index (χ2n) is 5.80. The predicted molar refractivity (Wildman–Crippen MR) is 71.4 cm³/mol. The van der Waals surface area contributed by atoms with Gasteiger partial charge in [0.1, 0.15) is 5.69 Å². The molecule has 2 rings (SSSR count). The van der Waals surface area contributed by atoms with Gasteiger partial charge in [-0.3, -0.25) is 9.69 Å². The Labute approximate surface area is 113 Å². The van der Waals surface area contributed by atoms with Crippen LogP contribution in [0.15, 0.2) is 18.2 Å². The summed E-state index contributed by atoms with van der Waals surface area (Å²) in [5, 5.41) is 0. The van der Waals surface area contributed by atoms with Crippen LogP contribution in [-0.2, 0) is 0 Å². The van der Waals surface area contributed by atoms with Crippen LogP contribution < -0.4 is 0 Å². The van der Waals surface area contributed by atoms with Gasteiger partial charge in [-0.25, -0.2) is 4.98 Å². The van der Waals surface area contributed by atoms with Crippen LogP contribution in [0.2, 0.25) is 0 Å². The Morgan fingerprint density at radius 2 is 1.84 bits per heavy atom. The zero-order valence-electron chi connectivity index (χ0n) is 11.7. The number of amides is 1. The molecule has 5 heteroatoms. The Bertz CT molecular complexity index is 462. The van der Waals surface area contributed by atoms with Crippen molar-refractivity contribution in [2.24, 2.45) is 0 Å². The molecule has 0 bridgehead atoms. The maximum absolute atomic E-state index is 13.0. The van der Waals surface area contributed by atoms with Crippen molar-refractivity contribution < 1.29 is 9.18 Å². The molecule has 1 fully saturated rings. The van der Waals surface area contributed by atoms with E-state index in [1.54, 1.807) is 11.0 Å². The summed E-state index contributed by atoms with van der Waals surface area (Å²) in [6, 6.07) is 4.32. The Kier molecular flexibility index (Phi) is 3.85. The normalized spacial score (nSPS) is 17.6. The van der Waals surface area contributed by atoms with Crippen molar-refractivity contribution in [2.45, 2.75) is 26.3 Å². The van der Waals surface area contributed by atoms with E-state index < -0.39 is 5.95 Å². The van der Waals surface area contributed by atoms with Gasteiger partial charge >= 0.3 is 0 Å². The van der Waals surface area contributed by atoms with Crippen LogP contribution in [0.4, 0.5) is 4.39 Å². The minimum Gasteiger partial charge on any atom is -0.335 e. The Hall–Kier alpha value is -1.49. The lowest BCUT2D eigenvalue weighted by atomic mass is 10.0. The molecule has 0 aliphatic carbocycles. The molecule has 0 saturated carbocycles. The molecule has 1 aliphatic rings. The maximum Gasteiger partial charge on any atom is 0.272 e. The lowest BCUT2D eigenvalue weighted by Crippen LogP contribution is -2.54. The van der Waals surface area contributed by atoms with Gasteiger partial charge in [0.15, 0.2) is 0 Å². The van der Waals surface area contributed by atoms with Crippen LogP contribution in [0.3, 0.4) is 0 Å². The smallest absolute Gasteiger partial charge is 0.272 e. The van der Waals surface area contributed by atoms with Gasteiger partial charge < -0.3 is 4.90 Å². The minimum atomic E-state index is -0.612. The second kappa shape index (κ2) is 5.25. The number of carbonyl (C=O) groups is 1. The molecule has 1 aromatic rings.